The molecule has 1 aromatic carbocycles. The molecule has 1 aromatic rings. The van der Waals surface area contributed by atoms with Gasteiger partial charge >= 0.3 is 0 Å². The average molecular weight is 306 g/mol. The van der Waals surface area contributed by atoms with E-state index in [9.17, 15) is 14.0 Å². The van der Waals surface area contributed by atoms with E-state index in [0.717, 1.165) is 19.3 Å². The number of hydrogen-bond acceptors (Lipinski definition) is 2. The summed E-state index contributed by atoms with van der Waals surface area (Å²) in [6.07, 6.45) is 3.19. The molecule has 4 nitrogen and oxygen atoms in total. The van der Waals surface area contributed by atoms with Gasteiger partial charge in [0, 0.05) is 32.6 Å². The molecule has 2 amide bonds. The smallest absolute Gasteiger partial charge is 0.256 e. The topological polar surface area (TPSA) is 40.6 Å². The second-order valence-corrected chi connectivity index (χ2v) is 5.61. The van der Waals surface area contributed by atoms with Gasteiger partial charge in [-0.15, -0.1) is 0 Å². The number of halogens is 1. The van der Waals surface area contributed by atoms with Crippen LogP contribution in [0.15, 0.2) is 24.3 Å². The highest BCUT2D eigenvalue weighted by Crippen LogP contribution is 2.13. The fourth-order valence-electron chi connectivity index (χ4n) is 2.66. The van der Waals surface area contributed by atoms with E-state index in [1.807, 2.05) is 4.90 Å². The van der Waals surface area contributed by atoms with Crippen LogP contribution in [-0.2, 0) is 4.79 Å². The van der Waals surface area contributed by atoms with Crippen molar-refractivity contribution in [2.75, 3.05) is 26.2 Å². The van der Waals surface area contributed by atoms with Crippen LogP contribution in [0.2, 0.25) is 0 Å². The summed E-state index contributed by atoms with van der Waals surface area (Å²) in [5.41, 5.74) is 0.105. The molecule has 0 aliphatic carbocycles. The van der Waals surface area contributed by atoms with Crippen LogP contribution in [-0.4, -0.2) is 47.8 Å². The fraction of sp³-hybridized carbons (Fsp3) is 0.529. The first-order chi connectivity index (χ1) is 10.6. The Morgan fingerprint density at radius 3 is 2.50 bits per heavy atom. The fourth-order valence-corrected chi connectivity index (χ4v) is 2.66. The number of hydrogen-bond donors (Lipinski definition) is 0. The Morgan fingerprint density at radius 2 is 1.77 bits per heavy atom. The van der Waals surface area contributed by atoms with E-state index < -0.39 is 5.82 Å². The SMILES string of the molecule is CCCCC(=O)N1CCCN(C(=O)c2ccccc2F)CC1. The Labute approximate surface area is 130 Å². The van der Waals surface area contributed by atoms with Gasteiger partial charge in [0.2, 0.25) is 5.91 Å². The van der Waals surface area contributed by atoms with E-state index in [1.54, 1.807) is 17.0 Å². The van der Waals surface area contributed by atoms with Crippen molar-refractivity contribution in [1.82, 2.24) is 9.80 Å². The van der Waals surface area contributed by atoms with Crippen molar-refractivity contribution in [3.63, 3.8) is 0 Å². The van der Waals surface area contributed by atoms with Crippen molar-refractivity contribution < 1.29 is 14.0 Å². The van der Waals surface area contributed by atoms with Gasteiger partial charge in [-0.05, 0) is 25.0 Å². The summed E-state index contributed by atoms with van der Waals surface area (Å²) in [4.78, 5) is 27.9. The summed E-state index contributed by atoms with van der Waals surface area (Å²) >= 11 is 0. The maximum Gasteiger partial charge on any atom is 0.256 e. The van der Waals surface area contributed by atoms with E-state index in [1.165, 1.54) is 12.1 Å². The minimum Gasteiger partial charge on any atom is -0.341 e. The maximum atomic E-state index is 13.7. The third-order valence-corrected chi connectivity index (χ3v) is 3.98. The Bertz CT molecular complexity index is 533. The molecule has 1 aliphatic rings. The molecule has 1 fully saturated rings. The standard InChI is InChI=1S/C17H23FN2O2/c1-2-3-9-16(21)19-10-6-11-20(13-12-19)17(22)14-7-4-5-8-15(14)18/h4-5,7-8H,2-3,6,9-13H2,1H3. The van der Waals surface area contributed by atoms with Crippen molar-refractivity contribution in [3.05, 3.63) is 35.6 Å². The van der Waals surface area contributed by atoms with Gasteiger partial charge in [0.1, 0.15) is 5.82 Å². The molecule has 2 rings (SSSR count). The Kier molecular flexibility index (Phi) is 5.92. The molecule has 0 N–H and O–H groups in total. The van der Waals surface area contributed by atoms with Crippen molar-refractivity contribution >= 4 is 11.8 Å². The van der Waals surface area contributed by atoms with Crippen molar-refractivity contribution in [1.29, 1.82) is 0 Å². The number of carbonyl (C=O) groups is 2. The zero-order valence-electron chi connectivity index (χ0n) is 13.1. The first-order valence-electron chi connectivity index (χ1n) is 7.95. The van der Waals surface area contributed by atoms with Crippen LogP contribution >= 0.6 is 0 Å². The number of amides is 2. The van der Waals surface area contributed by atoms with E-state index in [0.29, 0.717) is 32.6 Å². The zero-order chi connectivity index (χ0) is 15.9. The lowest BCUT2D eigenvalue weighted by molar-refractivity contribution is -0.131. The highest BCUT2D eigenvalue weighted by atomic mass is 19.1. The molecule has 1 saturated heterocycles. The summed E-state index contributed by atoms with van der Waals surface area (Å²) in [6, 6.07) is 6.04. The monoisotopic (exact) mass is 306 g/mol. The number of nitrogens with zero attached hydrogens (tertiary/aromatic N) is 2. The molecule has 5 heteroatoms. The van der Waals surface area contributed by atoms with Gasteiger partial charge in [-0.2, -0.15) is 0 Å². The Morgan fingerprint density at radius 1 is 1.09 bits per heavy atom. The molecule has 0 radical (unpaired) electrons. The second-order valence-electron chi connectivity index (χ2n) is 5.61. The van der Waals surface area contributed by atoms with Gasteiger partial charge in [-0.3, -0.25) is 9.59 Å². The van der Waals surface area contributed by atoms with Crippen LogP contribution in [0.5, 0.6) is 0 Å². The molecule has 0 atom stereocenters. The number of carbonyl (C=O) groups excluding carboxylic acids is 2. The van der Waals surface area contributed by atoms with E-state index >= 15 is 0 Å². The normalized spacial score (nSPS) is 15.5. The van der Waals surface area contributed by atoms with Gasteiger partial charge in [0.05, 0.1) is 5.56 Å². The lowest BCUT2D eigenvalue weighted by Gasteiger charge is -2.22. The molecular weight excluding hydrogens is 283 g/mol. The van der Waals surface area contributed by atoms with Crippen molar-refractivity contribution in [2.45, 2.75) is 32.6 Å². The predicted octanol–water partition coefficient (Wildman–Crippen LogP) is 2.69. The summed E-state index contributed by atoms with van der Waals surface area (Å²) in [6.45, 7) is 4.28. The quantitative estimate of drug-likeness (QED) is 0.858. The molecule has 1 heterocycles. The molecule has 0 aromatic heterocycles. The van der Waals surface area contributed by atoms with E-state index in [-0.39, 0.29) is 17.4 Å². The van der Waals surface area contributed by atoms with E-state index in [2.05, 4.69) is 6.92 Å². The van der Waals surface area contributed by atoms with Crippen LogP contribution in [0.25, 0.3) is 0 Å². The number of unbranched alkanes of at least 4 members (excludes halogenated alkanes) is 1. The van der Waals surface area contributed by atoms with Crippen molar-refractivity contribution in [3.8, 4) is 0 Å². The molecule has 0 saturated carbocycles. The summed E-state index contributed by atoms with van der Waals surface area (Å²) in [7, 11) is 0. The molecule has 0 unspecified atom stereocenters. The summed E-state index contributed by atoms with van der Waals surface area (Å²) in [5, 5.41) is 0. The molecular formula is C17H23FN2O2. The minimum absolute atomic E-state index is 0.105. The van der Waals surface area contributed by atoms with Crippen LogP contribution in [0, 0.1) is 5.82 Å². The predicted molar refractivity (Wildman–Crippen MR) is 83.0 cm³/mol. The molecule has 22 heavy (non-hydrogen) atoms. The van der Waals surface area contributed by atoms with Gasteiger partial charge in [0.15, 0.2) is 0 Å². The van der Waals surface area contributed by atoms with Crippen molar-refractivity contribution in [2.24, 2.45) is 0 Å². The van der Waals surface area contributed by atoms with Crippen LogP contribution in [0.1, 0.15) is 43.0 Å². The number of rotatable bonds is 4. The van der Waals surface area contributed by atoms with Gasteiger partial charge in [0.25, 0.3) is 5.91 Å². The molecule has 0 bridgehead atoms. The maximum absolute atomic E-state index is 13.7. The average Bonchev–Trinajstić information content (AvgIpc) is 2.78. The van der Waals surface area contributed by atoms with Gasteiger partial charge in [-0.1, -0.05) is 25.5 Å². The first kappa shape index (κ1) is 16.5. The van der Waals surface area contributed by atoms with Crippen LogP contribution in [0.4, 0.5) is 4.39 Å². The highest BCUT2D eigenvalue weighted by Gasteiger charge is 2.23. The summed E-state index contributed by atoms with van der Waals surface area (Å²) < 4.78 is 13.7. The number of benzene rings is 1. The summed E-state index contributed by atoms with van der Waals surface area (Å²) in [5.74, 6) is -0.629. The van der Waals surface area contributed by atoms with Crippen LogP contribution in [0.3, 0.4) is 0 Å². The second kappa shape index (κ2) is 7.92. The molecule has 120 valence electrons. The van der Waals surface area contributed by atoms with E-state index in [4.69, 9.17) is 0 Å². The minimum atomic E-state index is -0.493. The highest BCUT2D eigenvalue weighted by molar-refractivity contribution is 5.94. The van der Waals surface area contributed by atoms with Crippen LogP contribution < -0.4 is 0 Å². The Hall–Kier alpha value is -1.91. The lowest BCUT2D eigenvalue weighted by Crippen LogP contribution is -2.37. The lowest BCUT2D eigenvalue weighted by atomic mass is 10.2. The zero-order valence-corrected chi connectivity index (χ0v) is 13.1. The largest absolute Gasteiger partial charge is 0.341 e. The third kappa shape index (κ3) is 4.06. The van der Waals surface area contributed by atoms with Gasteiger partial charge < -0.3 is 9.80 Å². The van der Waals surface area contributed by atoms with Gasteiger partial charge in [-0.25, -0.2) is 4.39 Å². The third-order valence-electron chi connectivity index (χ3n) is 3.98. The molecule has 1 aliphatic heterocycles. The Balaban J connectivity index is 1.97. The first-order valence-corrected chi connectivity index (χ1v) is 7.95. The molecule has 0 spiro atoms.